The van der Waals surface area contributed by atoms with Crippen LogP contribution in [0.2, 0.25) is 0 Å². The smallest absolute Gasteiger partial charge is 0.265 e. The van der Waals surface area contributed by atoms with E-state index >= 15 is 0 Å². The monoisotopic (exact) mass is 328 g/mol. The quantitative estimate of drug-likeness (QED) is 0.846. The molecule has 1 atom stereocenters. The van der Waals surface area contributed by atoms with Crippen molar-refractivity contribution in [2.75, 3.05) is 25.1 Å². The minimum atomic E-state index is -0.153. The standard InChI is InChI=1S/C18H20N2O4/c1-13(15-8-5-11-23-15)19(2)17(21)9-10-20-14-6-3-4-7-16(14)24-12-18(20)22/h3-8,11,13H,9-10,12H2,1-2H3. The second kappa shape index (κ2) is 6.78. The summed E-state index contributed by atoms with van der Waals surface area (Å²) in [6, 6.07) is 10.8. The first-order valence-corrected chi connectivity index (χ1v) is 7.89. The second-order valence-electron chi connectivity index (χ2n) is 5.75. The highest BCUT2D eigenvalue weighted by Gasteiger charge is 2.27. The number of rotatable bonds is 5. The summed E-state index contributed by atoms with van der Waals surface area (Å²) < 4.78 is 10.8. The van der Waals surface area contributed by atoms with E-state index in [1.54, 1.807) is 29.2 Å². The molecule has 1 aliphatic heterocycles. The van der Waals surface area contributed by atoms with Gasteiger partial charge in [-0.3, -0.25) is 9.59 Å². The minimum absolute atomic E-state index is 0.00381. The Balaban J connectivity index is 1.65. The van der Waals surface area contributed by atoms with Gasteiger partial charge in [-0.1, -0.05) is 12.1 Å². The van der Waals surface area contributed by atoms with Crippen molar-refractivity contribution < 1.29 is 18.7 Å². The summed E-state index contributed by atoms with van der Waals surface area (Å²) in [5.74, 6) is 1.22. The van der Waals surface area contributed by atoms with Gasteiger partial charge in [0.15, 0.2) is 6.61 Å². The number of hydrogen-bond donors (Lipinski definition) is 0. The molecule has 1 unspecified atom stereocenters. The number of nitrogens with zero attached hydrogens (tertiary/aromatic N) is 2. The fourth-order valence-electron chi connectivity index (χ4n) is 2.72. The molecule has 2 aromatic rings. The van der Waals surface area contributed by atoms with Crippen LogP contribution in [0.3, 0.4) is 0 Å². The number of carbonyl (C=O) groups is 2. The highest BCUT2D eigenvalue weighted by molar-refractivity contribution is 5.98. The SMILES string of the molecule is CC(c1ccco1)N(C)C(=O)CCN1C(=O)COc2ccccc21. The maximum absolute atomic E-state index is 12.5. The molecule has 3 rings (SSSR count). The van der Waals surface area contributed by atoms with Crippen molar-refractivity contribution in [1.82, 2.24) is 4.90 Å². The number of para-hydroxylation sites is 2. The molecule has 1 aliphatic rings. The van der Waals surface area contributed by atoms with Crippen LogP contribution in [0.1, 0.15) is 25.1 Å². The summed E-state index contributed by atoms with van der Waals surface area (Å²) in [4.78, 5) is 27.8. The molecular weight excluding hydrogens is 308 g/mol. The molecule has 0 saturated carbocycles. The lowest BCUT2D eigenvalue weighted by molar-refractivity contribution is -0.132. The summed E-state index contributed by atoms with van der Waals surface area (Å²) in [6.45, 7) is 2.24. The molecule has 2 heterocycles. The van der Waals surface area contributed by atoms with E-state index in [1.165, 1.54) is 0 Å². The average molecular weight is 328 g/mol. The normalized spacial score (nSPS) is 14.8. The lowest BCUT2D eigenvalue weighted by Gasteiger charge is -2.30. The molecule has 0 saturated heterocycles. The Labute approximate surface area is 140 Å². The van der Waals surface area contributed by atoms with E-state index in [0.29, 0.717) is 18.0 Å². The predicted octanol–water partition coefficient (Wildman–Crippen LogP) is 2.61. The molecule has 126 valence electrons. The van der Waals surface area contributed by atoms with E-state index in [0.717, 1.165) is 5.76 Å². The first kappa shape index (κ1) is 16.1. The molecular formula is C18H20N2O4. The summed E-state index contributed by atoms with van der Waals surface area (Å²) in [5.41, 5.74) is 0.711. The molecule has 24 heavy (non-hydrogen) atoms. The van der Waals surface area contributed by atoms with Gasteiger partial charge in [0, 0.05) is 20.0 Å². The van der Waals surface area contributed by atoms with Gasteiger partial charge in [0.05, 0.1) is 18.0 Å². The van der Waals surface area contributed by atoms with Crippen molar-refractivity contribution in [3.05, 3.63) is 48.4 Å². The van der Waals surface area contributed by atoms with Crippen LogP contribution in [0.15, 0.2) is 47.1 Å². The minimum Gasteiger partial charge on any atom is -0.482 e. The number of furan rings is 1. The lowest BCUT2D eigenvalue weighted by atomic mass is 10.2. The Morgan fingerprint density at radius 2 is 2.08 bits per heavy atom. The van der Waals surface area contributed by atoms with E-state index < -0.39 is 0 Å². The molecule has 0 bridgehead atoms. The van der Waals surface area contributed by atoms with Crippen molar-refractivity contribution in [1.29, 1.82) is 0 Å². The summed E-state index contributed by atoms with van der Waals surface area (Å²) in [5, 5.41) is 0. The van der Waals surface area contributed by atoms with Gasteiger partial charge in [0.1, 0.15) is 11.5 Å². The molecule has 1 aromatic carbocycles. The van der Waals surface area contributed by atoms with Gasteiger partial charge in [-0.2, -0.15) is 0 Å². The molecule has 2 amide bonds. The Hall–Kier alpha value is -2.76. The number of amides is 2. The highest BCUT2D eigenvalue weighted by Crippen LogP contribution is 2.31. The van der Waals surface area contributed by atoms with E-state index in [9.17, 15) is 9.59 Å². The van der Waals surface area contributed by atoms with Crippen molar-refractivity contribution in [2.24, 2.45) is 0 Å². The van der Waals surface area contributed by atoms with Gasteiger partial charge in [0.25, 0.3) is 5.91 Å². The van der Waals surface area contributed by atoms with Gasteiger partial charge in [-0.25, -0.2) is 0 Å². The highest BCUT2D eigenvalue weighted by atomic mass is 16.5. The molecule has 1 aromatic heterocycles. The zero-order valence-corrected chi connectivity index (χ0v) is 13.8. The van der Waals surface area contributed by atoms with Crippen molar-refractivity contribution in [3.63, 3.8) is 0 Å². The molecule has 0 spiro atoms. The van der Waals surface area contributed by atoms with Crippen molar-refractivity contribution in [3.8, 4) is 5.75 Å². The van der Waals surface area contributed by atoms with E-state index in [1.807, 2.05) is 37.3 Å². The third-order valence-electron chi connectivity index (χ3n) is 4.29. The van der Waals surface area contributed by atoms with Crippen LogP contribution >= 0.6 is 0 Å². The summed E-state index contributed by atoms with van der Waals surface area (Å²) in [7, 11) is 1.74. The first-order valence-electron chi connectivity index (χ1n) is 7.89. The van der Waals surface area contributed by atoms with E-state index in [2.05, 4.69) is 0 Å². The predicted molar refractivity (Wildman–Crippen MR) is 88.8 cm³/mol. The number of anilines is 1. The maximum Gasteiger partial charge on any atom is 0.265 e. The zero-order chi connectivity index (χ0) is 17.1. The second-order valence-corrected chi connectivity index (χ2v) is 5.75. The van der Waals surface area contributed by atoms with Gasteiger partial charge in [0.2, 0.25) is 5.91 Å². The number of ether oxygens (including phenoxy) is 1. The Morgan fingerprint density at radius 3 is 2.83 bits per heavy atom. The molecule has 0 aliphatic carbocycles. The maximum atomic E-state index is 12.5. The molecule has 0 fully saturated rings. The molecule has 0 N–H and O–H groups in total. The van der Waals surface area contributed by atoms with Crippen LogP contribution in [0.5, 0.6) is 5.75 Å². The first-order chi connectivity index (χ1) is 11.6. The molecule has 6 heteroatoms. The van der Waals surface area contributed by atoms with Crippen LogP contribution in [0.4, 0.5) is 5.69 Å². The van der Waals surface area contributed by atoms with Crippen LogP contribution in [-0.4, -0.2) is 36.9 Å². The lowest BCUT2D eigenvalue weighted by Crippen LogP contribution is -2.41. The average Bonchev–Trinajstić information content (AvgIpc) is 3.14. The third kappa shape index (κ3) is 3.13. The number of benzene rings is 1. The van der Waals surface area contributed by atoms with Crippen LogP contribution in [0, 0.1) is 0 Å². The summed E-state index contributed by atoms with van der Waals surface area (Å²) >= 11 is 0. The fourth-order valence-corrected chi connectivity index (χ4v) is 2.72. The van der Waals surface area contributed by atoms with Gasteiger partial charge in [-0.05, 0) is 31.2 Å². The van der Waals surface area contributed by atoms with E-state index in [4.69, 9.17) is 9.15 Å². The molecule has 0 radical (unpaired) electrons. The largest absolute Gasteiger partial charge is 0.482 e. The van der Waals surface area contributed by atoms with Crippen LogP contribution in [0.25, 0.3) is 0 Å². The van der Waals surface area contributed by atoms with Crippen molar-refractivity contribution >= 4 is 17.5 Å². The topological polar surface area (TPSA) is 63.0 Å². The number of hydrogen-bond acceptors (Lipinski definition) is 4. The fraction of sp³-hybridized carbons (Fsp3) is 0.333. The van der Waals surface area contributed by atoms with Gasteiger partial charge < -0.3 is 19.0 Å². The van der Waals surface area contributed by atoms with Crippen LogP contribution < -0.4 is 9.64 Å². The Kier molecular flexibility index (Phi) is 4.55. The number of carbonyl (C=O) groups excluding carboxylic acids is 2. The van der Waals surface area contributed by atoms with Gasteiger partial charge >= 0.3 is 0 Å². The van der Waals surface area contributed by atoms with Crippen molar-refractivity contribution in [2.45, 2.75) is 19.4 Å². The van der Waals surface area contributed by atoms with Gasteiger partial charge in [-0.15, -0.1) is 0 Å². The Bertz CT molecular complexity index is 726. The van der Waals surface area contributed by atoms with E-state index in [-0.39, 0.29) is 30.9 Å². The number of fused-ring (bicyclic) bond motifs is 1. The van der Waals surface area contributed by atoms with Crippen LogP contribution in [-0.2, 0) is 9.59 Å². The molecule has 6 nitrogen and oxygen atoms in total. The zero-order valence-electron chi connectivity index (χ0n) is 13.8. The third-order valence-corrected chi connectivity index (χ3v) is 4.29. The summed E-state index contributed by atoms with van der Waals surface area (Å²) in [6.07, 6.45) is 1.83. The Morgan fingerprint density at radius 1 is 1.29 bits per heavy atom.